The summed E-state index contributed by atoms with van der Waals surface area (Å²) in [5.41, 5.74) is 0. The molecule has 7 aromatic carbocycles. The van der Waals surface area contributed by atoms with Crippen LogP contribution < -0.4 is 28.4 Å². The predicted octanol–water partition coefficient (Wildman–Crippen LogP) is 12.7. The molecule has 7 aromatic rings. The Kier molecular flexibility index (Phi) is 9.51. The van der Waals surface area contributed by atoms with Gasteiger partial charge in [0, 0.05) is 18.2 Å². The molecule has 8 heteroatoms. The van der Waals surface area contributed by atoms with Gasteiger partial charge >= 0.3 is 0 Å². The minimum atomic E-state index is -0.386. The fourth-order valence-corrected chi connectivity index (χ4v) is 4.83. The number of benzene rings is 7. The van der Waals surface area contributed by atoms with Gasteiger partial charge in [-0.1, -0.05) is 42.5 Å². The van der Waals surface area contributed by atoms with Crippen molar-refractivity contribution < 1.29 is 37.2 Å². The standard InChI is InChI=1S/C42H28F2O6/c43-29-8-5-10-35(26-29)49-41-16-3-1-14-39(41)47-33-22-18-31(19-23-33)45-37-12-7-13-38(28-37)46-32-20-24-34(25-21-32)48-40-15-2-4-17-42(40)50-36-11-6-9-30(44)27-36/h1-28H. The zero-order valence-electron chi connectivity index (χ0n) is 26.4. The average molecular weight is 667 g/mol. The van der Waals surface area contributed by atoms with Crippen molar-refractivity contribution in [3.8, 4) is 69.0 Å². The Morgan fingerprint density at radius 1 is 0.240 bits per heavy atom. The molecule has 0 unspecified atom stereocenters. The summed E-state index contributed by atoms with van der Waals surface area (Å²) in [5.74, 6) is 5.34. The van der Waals surface area contributed by atoms with Gasteiger partial charge in [0.25, 0.3) is 0 Å². The maximum absolute atomic E-state index is 13.6. The lowest BCUT2D eigenvalue weighted by Crippen LogP contribution is -1.91. The highest BCUT2D eigenvalue weighted by Crippen LogP contribution is 2.37. The lowest BCUT2D eigenvalue weighted by molar-refractivity contribution is 0.415. The molecule has 0 saturated heterocycles. The van der Waals surface area contributed by atoms with Crippen LogP contribution in [0.2, 0.25) is 0 Å². The van der Waals surface area contributed by atoms with E-state index >= 15 is 0 Å². The molecule has 0 atom stereocenters. The monoisotopic (exact) mass is 666 g/mol. The minimum absolute atomic E-state index is 0.370. The Hall–Kier alpha value is -6.80. The fourth-order valence-electron chi connectivity index (χ4n) is 4.83. The molecule has 0 spiro atoms. The van der Waals surface area contributed by atoms with Crippen LogP contribution in [0.1, 0.15) is 0 Å². The van der Waals surface area contributed by atoms with E-state index in [-0.39, 0.29) is 11.6 Å². The van der Waals surface area contributed by atoms with Crippen molar-refractivity contribution in [3.05, 3.63) is 181 Å². The van der Waals surface area contributed by atoms with Gasteiger partial charge in [0.1, 0.15) is 57.6 Å². The van der Waals surface area contributed by atoms with Crippen LogP contribution in [0, 0.1) is 11.6 Å². The van der Waals surface area contributed by atoms with Gasteiger partial charge in [-0.25, -0.2) is 8.78 Å². The maximum Gasteiger partial charge on any atom is 0.169 e. The van der Waals surface area contributed by atoms with E-state index < -0.39 is 0 Å². The zero-order chi connectivity index (χ0) is 34.1. The molecule has 0 heterocycles. The third-order valence-electron chi connectivity index (χ3n) is 7.13. The molecular weight excluding hydrogens is 638 g/mol. The summed E-state index contributed by atoms with van der Waals surface area (Å²) in [6.45, 7) is 0. The van der Waals surface area contributed by atoms with Gasteiger partial charge in [-0.05, 0) is 109 Å². The van der Waals surface area contributed by atoms with E-state index in [0.717, 1.165) is 0 Å². The van der Waals surface area contributed by atoms with Crippen molar-refractivity contribution in [3.63, 3.8) is 0 Å². The Morgan fingerprint density at radius 2 is 0.520 bits per heavy atom. The van der Waals surface area contributed by atoms with Gasteiger partial charge in [-0.15, -0.1) is 0 Å². The van der Waals surface area contributed by atoms with Crippen LogP contribution in [0.15, 0.2) is 170 Å². The highest BCUT2D eigenvalue weighted by atomic mass is 19.1. The Bertz CT molecular complexity index is 2050. The highest BCUT2D eigenvalue weighted by Gasteiger charge is 2.11. The van der Waals surface area contributed by atoms with Gasteiger partial charge in [0.05, 0.1) is 0 Å². The zero-order valence-corrected chi connectivity index (χ0v) is 26.4. The van der Waals surface area contributed by atoms with Gasteiger partial charge in [-0.2, -0.15) is 0 Å². The van der Waals surface area contributed by atoms with E-state index in [9.17, 15) is 8.78 Å². The van der Waals surface area contributed by atoms with E-state index in [4.69, 9.17) is 28.4 Å². The quantitative estimate of drug-likeness (QED) is 0.129. The van der Waals surface area contributed by atoms with Gasteiger partial charge in [0.15, 0.2) is 23.0 Å². The molecule has 6 nitrogen and oxygen atoms in total. The molecule has 0 aliphatic rings. The molecule has 0 aromatic heterocycles. The minimum Gasteiger partial charge on any atom is -0.457 e. The SMILES string of the molecule is Fc1cccc(Oc2ccccc2Oc2ccc(Oc3cccc(Oc4ccc(Oc5ccccc5Oc5cccc(F)c5)cc4)c3)cc2)c1. The van der Waals surface area contributed by atoms with Crippen LogP contribution >= 0.6 is 0 Å². The van der Waals surface area contributed by atoms with Crippen molar-refractivity contribution in [2.75, 3.05) is 0 Å². The number of halogens is 2. The van der Waals surface area contributed by atoms with E-state index in [2.05, 4.69) is 0 Å². The Balaban J connectivity index is 0.958. The van der Waals surface area contributed by atoms with Crippen LogP contribution in [0.4, 0.5) is 8.78 Å². The van der Waals surface area contributed by atoms with Crippen LogP contribution in [0.25, 0.3) is 0 Å². The Morgan fingerprint density at radius 3 is 0.860 bits per heavy atom. The van der Waals surface area contributed by atoms with Crippen molar-refractivity contribution in [2.45, 2.75) is 0 Å². The molecule has 0 N–H and O–H groups in total. The lowest BCUT2D eigenvalue weighted by atomic mass is 10.3. The first-order valence-corrected chi connectivity index (χ1v) is 15.6. The van der Waals surface area contributed by atoms with Crippen LogP contribution in [0.5, 0.6) is 69.0 Å². The number of rotatable bonds is 12. The number of ether oxygens (including phenoxy) is 6. The average Bonchev–Trinajstić information content (AvgIpc) is 3.12. The summed E-state index contributed by atoms with van der Waals surface area (Å²) in [6, 6.07) is 47.8. The molecule has 0 amide bonds. The predicted molar refractivity (Wildman–Crippen MR) is 185 cm³/mol. The van der Waals surface area contributed by atoms with Crippen molar-refractivity contribution in [1.29, 1.82) is 0 Å². The largest absolute Gasteiger partial charge is 0.457 e. The third kappa shape index (κ3) is 8.37. The first kappa shape index (κ1) is 31.8. The first-order valence-electron chi connectivity index (χ1n) is 15.6. The fraction of sp³-hybridized carbons (Fsp3) is 0. The van der Waals surface area contributed by atoms with Crippen molar-refractivity contribution in [2.24, 2.45) is 0 Å². The number of hydrogen-bond acceptors (Lipinski definition) is 6. The first-order chi connectivity index (χ1) is 24.5. The second kappa shape index (κ2) is 15.0. The highest BCUT2D eigenvalue weighted by molar-refractivity contribution is 5.48. The van der Waals surface area contributed by atoms with Gasteiger partial charge in [-0.3, -0.25) is 0 Å². The number of hydrogen-bond donors (Lipinski definition) is 0. The second-order valence-electron chi connectivity index (χ2n) is 10.8. The van der Waals surface area contributed by atoms with E-state index in [1.807, 2.05) is 42.5 Å². The van der Waals surface area contributed by atoms with Gasteiger partial charge in [0.2, 0.25) is 0 Å². The molecule has 7 rings (SSSR count). The Labute approximate surface area is 287 Å². The smallest absolute Gasteiger partial charge is 0.169 e. The van der Waals surface area contributed by atoms with Gasteiger partial charge < -0.3 is 28.4 Å². The van der Waals surface area contributed by atoms with Crippen molar-refractivity contribution >= 4 is 0 Å². The normalized spacial score (nSPS) is 10.6. The summed E-state index contributed by atoms with van der Waals surface area (Å²) >= 11 is 0. The molecule has 0 radical (unpaired) electrons. The molecule has 0 aliphatic carbocycles. The van der Waals surface area contributed by atoms with Crippen LogP contribution in [0.3, 0.4) is 0 Å². The third-order valence-corrected chi connectivity index (χ3v) is 7.13. The van der Waals surface area contributed by atoms with Crippen LogP contribution in [-0.4, -0.2) is 0 Å². The molecule has 50 heavy (non-hydrogen) atoms. The lowest BCUT2D eigenvalue weighted by Gasteiger charge is -2.13. The maximum atomic E-state index is 13.6. The molecule has 0 aliphatic heterocycles. The summed E-state index contributed by atoms with van der Waals surface area (Å²) in [7, 11) is 0. The van der Waals surface area contributed by atoms with E-state index in [1.165, 1.54) is 24.3 Å². The van der Waals surface area contributed by atoms with Crippen molar-refractivity contribution in [1.82, 2.24) is 0 Å². The second-order valence-corrected chi connectivity index (χ2v) is 10.8. The van der Waals surface area contributed by atoms with E-state index in [1.54, 1.807) is 103 Å². The summed E-state index contributed by atoms with van der Waals surface area (Å²) in [6.07, 6.45) is 0. The van der Waals surface area contributed by atoms with Crippen LogP contribution in [-0.2, 0) is 0 Å². The molecule has 246 valence electrons. The summed E-state index contributed by atoms with van der Waals surface area (Å²) in [4.78, 5) is 0. The van der Waals surface area contributed by atoms with E-state index in [0.29, 0.717) is 69.0 Å². The molecule has 0 bridgehead atoms. The molecule has 0 saturated carbocycles. The summed E-state index contributed by atoms with van der Waals surface area (Å²) in [5, 5.41) is 0. The topological polar surface area (TPSA) is 55.4 Å². The summed E-state index contributed by atoms with van der Waals surface area (Å²) < 4.78 is 63.2. The molecule has 0 fully saturated rings. The number of para-hydroxylation sites is 4. The molecular formula is C42H28F2O6.